The third-order valence-corrected chi connectivity index (χ3v) is 3.47. The van der Waals surface area contributed by atoms with Crippen LogP contribution in [0.15, 0.2) is 27.8 Å². The van der Waals surface area contributed by atoms with Gasteiger partial charge in [0.15, 0.2) is 11.7 Å². The number of hydrogen-bond acceptors (Lipinski definition) is 6. The molecule has 3 N–H and O–H groups in total. The molecule has 0 aliphatic heterocycles. The van der Waals surface area contributed by atoms with Gasteiger partial charge < -0.3 is 20.5 Å². The maximum atomic E-state index is 12.6. The molecular weight excluding hydrogens is 490 g/mol. The monoisotopic (exact) mass is 513 g/mol. The number of guanidine groups is 1. The lowest BCUT2D eigenvalue weighted by Crippen LogP contribution is -2.39. The fraction of sp³-hybridized carbons (Fsp3) is 0.500. The molecule has 2 heterocycles. The third kappa shape index (κ3) is 7.48. The third-order valence-electron chi connectivity index (χ3n) is 3.47. The molecule has 0 saturated carbocycles. The second-order valence-corrected chi connectivity index (χ2v) is 5.92. The summed E-state index contributed by atoms with van der Waals surface area (Å²) in [7, 11) is 1.61. The number of aromatic nitrogens is 3. The van der Waals surface area contributed by atoms with Crippen molar-refractivity contribution in [3.05, 3.63) is 35.5 Å². The summed E-state index contributed by atoms with van der Waals surface area (Å²) in [5.74, 6) is 1.39. The van der Waals surface area contributed by atoms with E-state index in [-0.39, 0.29) is 35.8 Å². The Bertz CT molecular complexity index is 765. The van der Waals surface area contributed by atoms with Crippen LogP contribution >= 0.6 is 24.0 Å². The van der Waals surface area contributed by atoms with Crippen molar-refractivity contribution < 1.29 is 17.7 Å². The van der Waals surface area contributed by atoms with Crippen LogP contribution in [0, 0.1) is 0 Å². The second kappa shape index (κ2) is 11.0. The molecular formula is C16H23F3IN7O. The van der Waals surface area contributed by atoms with Crippen LogP contribution in [0.4, 0.5) is 19.1 Å². The standard InChI is InChI=1S/C16H22F3N7O.HI/c1-10(2)12-8-11(27-26-12)9-24-14(20-3)22-6-7-23-15-21-5-4-13(25-15)16(17,18)19;/h4-5,8,10H,6-7,9H2,1-3H3,(H2,20,22,24)(H,21,23,25);1H. The lowest BCUT2D eigenvalue weighted by Gasteiger charge is -2.12. The summed E-state index contributed by atoms with van der Waals surface area (Å²) < 4.78 is 43.1. The molecule has 8 nitrogen and oxygen atoms in total. The molecule has 0 aliphatic carbocycles. The highest BCUT2D eigenvalue weighted by Crippen LogP contribution is 2.27. The average molecular weight is 513 g/mol. The largest absolute Gasteiger partial charge is 0.433 e. The van der Waals surface area contributed by atoms with Gasteiger partial charge in [-0.3, -0.25) is 4.99 Å². The number of aliphatic imine (C=N–C) groups is 1. The van der Waals surface area contributed by atoms with Crippen molar-refractivity contribution in [1.29, 1.82) is 0 Å². The van der Waals surface area contributed by atoms with Gasteiger partial charge in [0.05, 0.1) is 12.2 Å². The molecule has 28 heavy (non-hydrogen) atoms. The van der Waals surface area contributed by atoms with Crippen LogP contribution in [-0.2, 0) is 12.7 Å². The Balaban J connectivity index is 0.00000392. The fourth-order valence-electron chi connectivity index (χ4n) is 2.03. The van der Waals surface area contributed by atoms with Gasteiger partial charge in [-0.15, -0.1) is 24.0 Å². The summed E-state index contributed by atoms with van der Waals surface area (Å²) in [5, 5.41) is 12.8. The van der Waals surface area contributed by atoms with E-state index in [1.54, 1.807) is 7.05 Å². The van der Waals surface area contributed by atoms with Gasteiger partial charge in [0.1, 0.15) is 5.69 Å². The first-order valence-electron chi connectivity index (χ1n) is 8.33. The van der Waals surface area contributed by atoms with E-state index in [9.17, 15) is 13.2 Å². The van der Waals surface area contributed by atoms with Crippen molar-refractivity contribution >= 4 is 35.9 Å². The van der Waals surface area contributed by atoms with Gasteiger partial charge in [-0.05, 0) is 12.0 Å². The van der Waals surface area contributed by atoms with E-state index in [4.69, 9.17) is 4.52 Å². The molecule has 0 saturated heterocycles. The first-order chi connectivity index (χ1) is 12.8. The molecule has 0 fully saturated rings. The van der Waals surface area contributed by atoms with Crippen molar-refractivity contribution in [2.45, 2.75) is 32.5 Å². The summed E-state index contributed by atoms with van der Waals surface area (Å²) >= 11 is 0. The second-order valence-electron chi connectivity index (χ2n) is 5.92. The minimum atomic E-state index is -4.50. The van der Waals surface area contributed by atoms with Gasteiger partial charge in [-0.1, -0.05) is 19.0 Å². The predicted molar refractivity (Wildman–Crippen MR) is 110 cm³/mol. The zero-order valence-corrected chi connectivity index (χ0v) is 18.0. The lowest BCUT2D eigenvalue weighted by molar-refractivity contribution is -0.141. The first kappa shape index (κ1) is 23.9. The Morgan fingerprint density at radius 3 is 2.61 bits per heavy atom. The quantitative estimate of drug-likeness (QED) is 0.227. The van der Waals surface area contributed by atoms with Gasteiger partial charge in [0.2, 0.25) is 5.95 Å². The van der Waals surface area contributed by atoms with Gasteiger partial charge >= 0.3 is 6.18 Å². The maximum absolute atomic E-state index is 12.6. The highest BCUT2D eigenvalue weighted by atomic mass is 127. The summed E-state index contributed by atoms with van der Waals surface area (Å²) in [4.78, 5) is 11.3. The van der Waals surface area contributed by atoms with E-state index in [1.807, 2.05) is 19.9 Å². The minimum Gasteiger partial charge on any atom is -0.359 e. The number of alkyl halides is 3. The molecule has 156 valence electrons. The Morgan fingerprint density at radius 1 is 1.25 bits per heavy atom. The highest BCUT2D eigenvalue weighted by molar-refractivity contribution is 14.0. The van der Waals surface area contributed by atoms with Crippen molar-refractivity contribution in [1.82, 2.24) is 25.8 Å². The highest BCUT2D eigenvalue weighted by Gasteiger charge is 2.32. The van der Waals surface area contributed by atoms with E-state index in [0.29, 0.717) is 31.4 Å². The van der Waals surface area contributed by atoms with E-state index in [0.717, 1.165) is 18.0 Å². The maximum Gasteiger partial charge on any atom is 0.433 e. The van der Waals surface area contributed by atoms with Gasteiger partial charge in [0.25, 0.3) is 0 Å². The van der Waals surface area contributed by atoms with Gasteiger partial charge in [-0.2, -0.15) is 13.2 Å². The number of nitrogens with zero attached hydrogens (tertiary/aromatic N) is 4. The lowest BCUT2D eigenvalue weighted by atomic mass is 10.1. The molecule has 2 rings (SSSR count). The van der Waals surface area contributed by atoms with Crippen LogP contribution in [0.1, 0.15) is 36.9 Å². The van der Waals surface area contributed by atoms with Crippen molar-refractivity contribution in [3.63, 3.8) is 0 Å². The summed E-state index contributed by atoms with van der Waals surface area (Å²) in [6.45, 7) is 5.16. The van der Waals surface area contributed by atoms with Crippen LogP contribution in [0.25, 0.3) is 0 Å². The van der Waals surface area contributed by atoms with Crippen LogP contribution in [0.3, 0.4) is 0 Å². The first-order valence-corrected chi connectivity index (χ1v) is 8.33. The van der Waals surface area contributed by atoms with Crippen molar-refractivity contribution in [3.8, 4) is 0 Å². The molecule has 2 aromatic heterocycles. The summed E-state index contributed by atoms with van der Waals surface area (Å²) in [6.07, 6.45) is -3.44. The average Bonchev–Trinajstić information content (AvgIpc) is 3.10. The van der Waals surface area contributed by atoms with E-state index in [1.165, 1.54) is 0 Å². The predicted octanol–water partition coefficient (Wildman–Crippen LogP) is 3.00. The number of anilines is 1. The zero-order valence-electron chi connectivity index (χ0n) is 15.7. The zero-order chi connectivity index (χ0) is 19.9. The fourth-order valence-corrected chi connectivity index (χ4v) is 2.03. The van der Waals surface area contributed by atoms with Crippen molar-refractivity contribution in [2.75, 3.05) is 25.5 Å². The molecule has 0 aromatic carbocycles. The minimum absolute atomic E-state index is 0. The Hall–Kier alpha value is -2.12. The molecule has 0 radical (unpaired) electrons. The summed E-state index contributed by atoms with van der Waals surface area (Å²) in [5.41, 5.74) is -0.113. The van der Waals surface area contributed by atoms with Gasteiger partial charge in [-0.25, -0.2) is 9.97 Å². The molecule has 0 amide bonds. The van der Waals surface area contributed by atoms with Crippen LogP contribution in [0.5, 0.6) is 0 Å². The number of rotatable bonds is 7. The molecule has 0 atom stereocenters. The molecule has 2 aromatic rings. The molecule has 0 aliphatic rings. The van der Waals surface area contributed by atoms with Gasteiger partial charge in [0, 0.05) is 32.4 Å². The SMILES string of the molecule is CN=C(NCCNc1nccc(C(F)(F)F)n1)NCc1cc(C(C)C)no1.I. The Kier molecular flexibility index (Phi) is 9.41. The molecule has 0 spiro atoms. The molecule has 0 unspecified atom stereocenters. The van der Waals surface area contributed by atoms with E-state index in [2.05, 4.69) is 36.1 Å². The van der Waals surface area contributed by atoms with E-state index >= 15 is 0 Å². The smallest absolute Gasteiger partial charge is 0.359 e. The topological polar surface area (TPSA) is 100 Å². The van der Waals surface area contributed by atoms with Crippen LogP contribution < -0.4 is 16.0 Å². The van der Waals surface area contributed by atoms with Crippen molar-refractivity contribution in [2.24, 2.45) is 4.99 Å². The van der Waals surface area contributed by atoms with Crippen LogP contribution in [0.2, 0.25) is 0 Å². The number of halogens is 4. The normalized spacial score (nSPS) is 11.9. The van der Waals surface area contributed by atoms with Crippen LogP contribution in [-0.4, -0.2) is 41.2 Å². The van der Waals surface area contributed by atoms with E-state index < -0.39 is 11.9 Å². The Morgan fingerprint density at radius 2 is 2.00 bits per heavy atom. The number of nitrogens with one attached hydrogen (secondary N) is 3. The summed E-state index contributed by atoms with van der Waals surface area (Å²) in [6, 6.07) is 2.70. The Labute approximate surface area is 177 Å². The molecule has 12 heteroatoms. The molecule has 0 bridgehead atoms. The number of hydrogen-bond donors (Lipinski definition) is 3.